The summed E-state index contributed by atoms with van der Waals surface area (Å²) in [4.78, 5) is 24.8. The number of carbonyl (C=O) groups is 2. The number of carbonyl (C=O) groups excluding carboxylic acids is 2. The molecule has 1 aliphatic rings. The summed E-state index contributed by atoms with van der Waals surface area (Å²) in [6.07, 6.45) is 1.73. The van der Waals surface area contributed by atoms with Gasteiger partial charge in [0.1, 0.15) is 0 Å². The number of rotatable bonds is 6. The summed E-state index contributed by atoms with van der Waals surface area (Å²) in [6, 6.07) is 10.9. The summed E-state index contributed by atoms with van der Waals surface area (Å²) in [5.41, 5.74) is 1.81. The van der Waals surface area contributed by atoms with Gasteiger partial charge in [0.15, 0.2) is 0 Å². The van der Waals surface area contributed by atoms with Crippen LogP contribution in [0.15, 0.2) is 47.4 Å². The van der Waals surface area contributed by atoms with E-state index in [1.54, 1.807) is 32.0 Å². The summed E-state index contributed by atoms with van der Waals surface area (Å²) in [6.45, 7) is 4.78. The molecule has 0 unspecified atom stereocenters. The van der Waals surface area contributed by atoms with Crippen LogP contribution in [-0.2, 0) is 14.8 Å². The lowest BCUT2D eigenvalue weighted by Crippen LogP contribution is -2.27. The van der Waals surface area contributed by atoms with Crippen molar-refractivity contribution in [3.63, 3.8) is 0 Å². The number of benzene rings is 2. The van der Waals surface area contributed by atoms with Crippen molar-refractivity contribution in [2.45, 2.75) is 31.6 Å². The summed E-state index contributed by atoms with van der Waals surface area (Å²) < 4.78 is 31.7. The van der Waals surface area contributed by atoms with Gasteiger partial charge in [-0.25, -0.2) is 13.2 Å². The maximum Gasteiger partial charge on any atom is 0.338 e. The number of nitrogens with one attached hydrogen (secondary N) is 1. The van der Waals surface area contributed by atoms with Gasteiger partial charge in [-0.2, -0.15) is 4.31 Å². The van der Waals surface area contributed by atoms with E-state index in [4.69, 9.17) is 4.74 Å². The number of ether oxygens (including phenoxy) is 1. The Morgan fingerprint density at radius 2 is 1.72 bits per heavy atom. The topological polar surface area (TPSA) is 92.8 Å². The molecule has 2 aromatic rings. The first-order valence-corrected chi connectivity index (χ1v) is 11.0. The van der Waals surface area contributed by atoms with E-state index in [1.807, 2.05) is 0 Å². The molecule has 1 fully saturated rings. The summed E-state index contributed by atoms with van der Waals surface area (Å²) in [5.74, 6) is -0.836. The van der Waals surface area contributed by atoms with E-state index in [1.165, 1.54) is 28.6 Å². The largest absolute Gasteiger partial charge is 0.462 e. The van der Waals surface area contributed by atoms with Gasteiger partial charge in [0.2, 0.25) is 10.0 Å². The molecule has 3 rings (SSSR count). The molecule has 0 spiro atoms. The molecule has 29 heavy (non-hydrogen) atoms. The monoisotopic (exact) mass is 416 g/mol. The minimum absolute atomic E-state index is 0.177. The molecule has 1 amide bonds. The van der Waals surface area contributed by atoms with Crippen molar-refractivity contribution in [3.8, 4) is 0 Å². The van der Waals surface area contributed by atoms with Gasteiger partial charge in [0.05, 0.1) is 17.1 Å². The van der Waals surface area contributed by atoms with Crippen LogP contribution in [0.2, 0.25) is 0 Å². The Balaban J connectivity index is 1.76. The summed E-state index contributed by atoms with van der Waals surface area (Å²) in [5, 5.41) is 2.77. The van der Waals surface area contributed by atoms with Gasteiger partial charge in [-0.15, -0.1) is 0 Å². The van der Waals surface area contributed by atoms with Crippen LogP contribution in [0.4, 0.5) is 5.69 Å². The van der Waals surface area contributed by atoms with Gasteiger partial charge in [-0.1, -0.05) is 6.07 Å². The molecule has 0 aromatic heterocycles. The van der Waals surface area contributed by atoms with Crippen LogP contribution in [0.5, 0.6) is 0 Å². The predicted octanol–water partition coefficient (Wildman–Crippen LogP) is 3.21. The average Bonchev–Trinajstić information content (AvgIpc) is 3.25. The Labute approximate surface area is 170 Å². The normalized spacial score (nSPS) is 14.6. The number of hydrogen-bond donors (Lipinski definition) is 1. The molecule has 1 N–H and O–H groups in total. The van der Waals surface area contributed by atoms with Gasteiger partial charge < -0.3 is 10.1 Å². The third kappa shape index (κ3) is 4.49. The fourth-order valence-electron chi connectivity index (χ4n) is 3.25. The van der Waals surface area contributed by atoms with E-state index >= 15 is 0 Å². The Hall–Kier alpha value is -2.71. The maximum absolute atomic E-state index is 12.6. The first kappa shape index (κ1) is 21.0. The van der Waals surface area contributed by atoms with Crippen molar-refractivity contribution in [2.24, 2.45) is 0 Å². The SMILES string of the molecule is CCOC(=O)c1cccc(NC(=O)c2ccc(S(=O)(=O)N3CCCC3)cc2)c1C. The van der Waals surface area contributed by atoms with E-state index in [0.29, 0.717) is 35.5 Å². The zero-order valence-corrected chi connectivity index (χ0v) is 17.3. The lowest BCUT2D eigenvalue weighted by molar-refractivity contribution is 0.0525. The van der Waals surface area contributed by atoms with Crippen LogP contribution >= 0.6 is 0 Å². The molecule has 7 nitrogen and oxygen atoms in total. The number of esters is 1. The van der Waals surface area contributed by atoms with Crippen molar-refractivity contribution < 1.29 is 22.7 Å². The highest BCUT2D eigenvalue weighted by Crippen LogP contribution is 2.23. The second-order valence-corrected chi connectivity index (χ2v) is 8.73. The first-order valence-electron chi connectivity index (χ1n) is 9.53. The van der Waals surface area contributed by atoms with Crippen molar-refractivity contribution in [1.82, 2.24) is 4.31 Å². The van der Waals surface area contributed by atoms with Gasteiger partial charge in [-0.05, 0) is 68.7 Å². The second kappa shape index (κ2) is 8.75. The number of sulfonamides is 1. The first-order chi connectivity index (χ1) is 13.8. The number of anilines is 1. The molecular formula is C21H24N2O5S. The summed E-state index contributed by atoms with van der Waals surface area (Å²) in [7, 11) is -3.52. The van der Waals surface area contributed by atoms with Crippen LogP contribution in [0.1, 0.15) is 46.0 Å². The molecule has 8 heteroatoms. The molecule has 0 radical (unpaired) electrons. The minimum Gasteiger partial charge on any atom is -0.462 e. The van der Waals surface area contributed by atoms with Crippen LogP contribution in [0, 0.1) is 6.92 Å². The highest BCUT2D eigenvalue weighted by molar-refractivity contribution is 7.89. The Bertz CT molecular complexity index is 1010. The Morgan fingerprint density at radius 3 is 2.34 bits per heavy atom. The van der Waals surface area contributed by atoms with Crippen molar-refractivity contribution in [2.75, 3.05) is 25.0 Å². The van der Waals surface area contributed by atoms with Gasteiger partial charge in [0, 0.05) is 24.3 Å². The highest BCUT2D eigenvalue weighted by atomic mass is 32.2. The quantitative estimate of drug-likeness (QED) is 0.730. The van der Waals surface area contributed by atoms with E-state index in [0.717, 1.165) is 12.8 Å². The molecule has 0 aliphatic carbocycles. The Morgan fingerprint density at radius 1 is 1.07 bits per heavy atom. The minimum atomic E-state index is -3.52. The van der Waals surface area contributed by atoms with Gasteiger partial charge in [0.25, 0.3) is 5.91 Å². The maximum atomic E-state index is 12.6. The number of nitrogens with zero attached hydrogens (tertiary/aromatic N) is 1. The number of hydrogen-bond acceptors (Lipinski definition) is 5. The fourth-order valence-corrected chi connectivity index (χ4v) is 4.77. The molecular weight excluding hydrogens is 392 g/mol. The molecule has 1 aliphatic heterocycles. The second-order valence-electron chi connectivity index (χ2n) is 6.79. The molecule has 0 bridgehead atoms. The molecule has 154 valence electrons. The molecule has 0 atom stereocenters. The predicted molar refractivity (Wildman–Crippen MR) is 110 cm³/mol. The average molecular weight is 416 g/mol. The fraction of sp³-hybridized carbons (Fsp3) is 0.333. The van der Waals surface area contributed by atoms with E-state index in [9.17, 15) is 18.0 Å². The van der Waals surface area contributed by atoms with Crippen LogP contribution in [0.3, 0.4) is 0 Å². The highest BCUT2D eigenvalue weighted by Gasteiger charge is 2.27. The van der Waals surface area contributed by atoms with Crippen LogP contribution in [-0.4, -0.2) is 44.3 Å². The van der Waals surface area contributed by atoms with Crippen molar-refractivity contribution in [3.05, 3.63) is 59.2 Å². The standard InChI is InChI=1S/C21H24N2O5S/c1-3-28-21(25)18-7-6-8-19(15(18)2)22-20(24)16-9-11-17(12-10-16)29(26,27)23-13-4-5-14-23/h6-12H,3-5,13-14H2,1-2H3,(H,22,24). The number of amides is 1. The molecule has 1 saturated heterocycles. The third-order valence-electron chi connectivity index (χ3n) is 4.90. The van der Waals surface area contributed by atoms with Gasteiger partial charge >= 0.3 is 5.97 Å². The third-order valence-corrected chi connectivity index (χ3v) is 6.81. The van der Waals surface area contributed by atoms with Gasteiger partial charge in [-0.3, -0.25) is 4.79 Å². The Kier molecular flexibility index (Phi) is 6.34. The van der Waals surface area contributed by atoms with Crippen LogP contribution < -0.4 is 5.32 Å². The summed E-state index contributed by atoms with van der Waals surface area (Å²) >= 11 is 0. The van der Waals surface area contributed by atoms with E-state index in [-0.39, 0.29) is 17.4 Å². The zero-order valence-electron chi connectivity index (χ0n) is 16.5. The van der Waals surface area contributed by atoms with Crippen molar-refractivity contribution >= 4 is 27.6 Å². The molecule has 0 saturated carbocycles. The van der Waals surface area contributed by atoms with Crippen LogP contribution in [0.25, 0.3) is 0 Å². The van der Waals surface area contributed by atoms with E-state index in [2.05, 4.69) is 5.32 Å². The van der Waals surface area contributed by atoms with Crippen molar-refractivity contribution in [1.29, 1.82) is 0 Å². The smallest absolute Gasteiger partial charge is 0.338 e. The zero-order chi connectivity index (χ0) is 21.0. The lowest BCUT2D eigenvalue weighted by atomic mass is 10.1. The molecule has 1 heterocycles. The van der Waals surface area contributed by atoms with E-state index < -0.39 is 16.0 Å². The molecule has 2 aromatic carbocycles. The lowest BCUT2D eigenvalue weighted by Gasteiger charge is -2.16.